The van der Waals surface area contributed by atoms with Crippen LogP contribution in [0.4, 0.5) is 0 Å². The van der Waals surface area contributed by atoms with Crippen LogP contribution >= 0.6 is 23.4 Å². The van der Waals surface area contributed by atoms with Crippen LogP contribution in [0.25, 0.3) is 5.69 Å². The summed E-state index contributed by atoms with van der Waals surface area (Å²) in [5.74, 6) is 1.30. The van der Waals surface area contributed by atoms with Gasteiger partial charge in [-0.25, -0.2) is 4.98 Å². The van der Waals surface area contributed by atoms with E-state index in [0.717, 1.165) is 10.8 Å². The van der Waals surface area contributed by atoms with Gasteiger partial charge in [-0.15, -0.1) is 10.2 Å². The van der Waals surface area contributed by atoms with E-state index in [2.05, 4.69) is 20.4 Å². The van der Waals surface area contributed by atoms with Crippen molar-refractivity contribution < 1.29 is 0 Å². The van der Waals surface area contributed by atoms with E-state index in [4.69, 9.17) is 11.6 Å². The van der Waals surface area contributed by atoms with Gasteiger partial charge in [0.1, 0.15) is 0 Å². The molecule has 2 aromatic heterocycles. The first-order chi connectivity index (χ1) is 9.72. The Hall–Kier alpha value is -1.86. The molecule has 0 bridgehead atoms. The predicted octanol–water partition coefficient (Wildman–Crippen LogP) is 2.34. The Morgan fingerprint density at radius 1 is 1.35 bits per heavy atom. The molecule has 0 atom stereocenters. The summed E-state index contributed by atoms with van der Waals surface area (Å²) in [6.07, 6.45) is 3.66. The Morgan fingerprint density at radius 3 is 3.00 bits per heavy atom. The number of hydrogen-bond donors (Lipinski definition) is 0. The summed E-state index contributed by atoms with van der Waals surface area (Å²) >= 11 is 7.57. The van der Waals surface area contributed by atoms with Gasteiger partial charge < -0.3 is 0 Å². The maximum Gasteiger partial charge on any atom is 0.185 e. The quantitative estimate of drug-likeness (QED) is 0.692. The van der Waals surface area contributed by atoms with Gasteiger partial charge in [0.15, 0.2) is 11.0 Å². The highest BCUT2D eigenvalue weighted by Gasteiger charge is 2.08. The molecule has 8 heteroatoms. The summed E-state index contributed by atoms with van der Waals surface area (Å²) in [7, 11) is 1.74. The fourth-order valence-corrected chi connectivity index (χ4v) is 2.73. The Balaban J connectivity index is 1.80. The number of halogens is 1. The van der Waals surface area contributed by atoms with Crippen LogP contribution in [0.5, 0.6) is 0 Å². The van der Waals surface area contributed by atoms with E-state index >= 15 is 0 Å². The summed E-state index contributed by atoms with van der Waals surface area (Å²) in [6.45, 7) is 0. The SMILES string of the molecule is Cn1nnc(CSc2nccn2-c2cccc(Cl)c2)n1. The average Bonchev–Trinajstić information content (AvgIpc) is 3.05. The number of nitrogens with zero attached hydrogens (tertiary/aromatic N) is 6. The van der Waals surface area contributed by atoms with Gasteiger partial charge in [0, 0.05) is 23.1 Å². The van der Waals surface area contributed by atoms with Gasteiger partial charge in [-0.3, -0.25) is 4.57 Å². The second-order valence-corrected chi connectivity index (χ2v) is 5.42. The number of aromatic nitrogens is 6. The van der Waals surface area contributed by atoms with Crippen molar-refractivity contribution in [1.82, 2.24) is 29.8 Å². The van der Waals surface area contributed by atoms with Crippen LogP contribution in [-0.2, 0) is 12.8 Å². The molecule has 0 unspecified atom stereocenters. The minimum atomic E-state index is 0.616. The van der Waals surface area contributed by atoms with E-state index in [1.54, 1.807) is 25.0 Å². The number of hydrogen-bond acceptors (Lipinski definition) is 5. The van der Waals surface area contributed by atoms with E-state index in [-0.39, 0.29) is 0 Å². The van der Waals surface area contributed by atoms with E-state index in [1.165, 1.54) is 4.80 Å². The number of tetrazole rings is 1. The second-order valence-electron chi connectivity index (χ2n) is 4.04. The molecule has 0 fully saturated rings. The van der Waals surface area contributed by atoms with Crippen molar-refractivity contribution >= 4 is 23.4 Å². The van der Waals surface area contributed by atoms with Gasteiger partial charge in [-0.1, -0.05) is 29.4 Å². The lowest BCUT2D eigenvalue weighted by Gasteiger charge is -2.06. The zero-order chi connectivity index (χ0) is 13.9. The number of thioether (sulfide) groups is 1. The van der Waals surface area contributed by atoms with Crippen molar-refractivity contribution in [2.45, 2.75) is 10.9 Å². The summed E-state index contributed by atoms with van der Waals surface area (Å²) in [6, 6.07) is 7.64. The van der Waals surface area contributed by atoms with Crippen molar-refractivity contribution in [2.24, 2.45) is 7.05 Å². The van der Waals surface area contributed by atoms with Gasteiger partial charge in [0.25, 0.3) is 0 Å². The Labute approximate surface area is 124 Å². The summed E-state index contributed by atoms with van der Waals surface area (Å²) < 4.78 is 1.98. The van der Waals surface area contributed by atoms with E-state index < -0.39 is 0 Å². The van der Waals surface area contributed by atoms with Crippen molar-refractivity contribution in [2.75, 3.05) is 0 Å². The molecular weight excluding hydrogens is 296 g/mol. The fourth-order valence-electron chi connectivity index (χ4n) is 1.73. The first kappa shape index (κ1) is 13.1. The summed E-state index contributed by atoms with van der Waals surface area (Å²) in [5.41, 5.74) is 0.976. The molecule has 0 aliphatic carbocycles. The topological polar surface area (TPSA) is 61.4 Å². The van der Waals surface area contributed by atoms with Crippen LogP contribution in [0.15, 0.2) is 41.8 Å². The third kappa shape index (κ3) is 2.83. The third-order valence-electron chi connectivity index (χ3n) is 2.57. The van der Waals surface area contributed by atoms with Crippen LogP contribution in [0.3, 0.4) is 0 Å². The first-order valence-corrected chi connectivity index (χ1v) is 7.24. The summed E-state index contributed by atoms with van der Waals surface area (Å²) in [5, 5.41) is 13.5. The fraction of sp³-hybridized carbons (Fsp3) is 0.167. The minimum absolute atomic E-state index is 0.616. The minimum Gasteiger partial charge on any atom is -0.295 e. The molecule has 3 aromatic rings. The lowest BCUT2D eigenvalue weighted by atomic mass is 10.3. The molecule has 0 N–H and O–H groups in total. The maximum absolute atomic E-state index is 6.02. The zero-order valence-electron chi connectivity index (χ0n) is 10.6. The number of imidazole rings is 1. The number of aryl methyl sites for hydroxylation is 1. The highest BCUT2D eigenvalue weighted by Crippen LogP contribution is 2.24. The molecule has 0 amide bonds. The molecule has 3 rings (SSSR count). The molecule has 0 spiro atoms. The molecule has 0 saturated heterocycles. The van der Waals surface area contributed by atoms with Gasteiger partial charge in [0.2, 0.25) is 0 Å². The number of benzene rings is 1. The average molecular weight is 307 g/mol. The van der Waals surface area contributed by atoms with Crippen molar-refractivity contribution in [1.29, 1.82) is 0 Å². The number of rotatable bonds is 4. The molecule has 102 valence electrons. The normalized spacial score (nSPS) is 10.9. The van der Waals surface area contributed by atoms with E-state index in [9.17, 15) is 0 Å². The molecule has 1 aromatic carbocycles. The second kappa shape index (κ2) is 5.64. The van der Waals surface area contributed by atoms with Crippen LogP contribution in [0, 0.1) is 0 Å². The van der Waals surface area contributed by atoms with E-state index in [1.807, 2.05) is 35.0 Å². The summed E-state index contributed by atoms with van der Waals surface area (Å²) in [4.78, 5) is 5.79. The lowest BCUT2D eigenvalue weighted by molar-refractivity contribution is 0.628. The molecular formula is C12H11ClN6S. The molecule has 20 heavy (non-hydrogen) atoms. The van der Waals surface area contributed by atoms with Crippen molar-refractivity contribution in [3.05, 3.63) is 47.5 Å². The first-order valence-electron chi connectivity index (χ1n) is 5.87. The molecule has 0 saturated carbocycles. The molecule has 0 radical (unpaired) electrons. The molecule has 6 nitrogen and oxygen atoms in total. The van der Waals surface area contributed by atoms with Crippen LogP contribution < -0.4 is 0 Å². The molecule has 0 aliphatic rings. The zero-order valence-corrected chi connectivity index (χ0v) is 12.2. The molecule has 0 aliphatic heterocycles. The van der Waals surface area contributed by atoms with Gasteiger partial charge in [0.05, 0.1) is 12.8 Å². The van der Waals surface area contributed by atoms with Crippen LogP contribution in [-0.4, -0.2) is 29.8 Å². The van der Waals surface area contributed by atoms with Crippen molar-refractivity contribution in [3.63, 3.8) is 0 Å². The maximum atomic E-state index is 6.02. The highest BCUT2D eigenvalue weighted by atomic mass is 35.5. The van der Waals surface area contributed by atoms with Crippen LogP contribution in [0.1, 0.15) is 5.82 Å². The Bertz CT molecular complexity index is 722. The smallest absolute Gasteiger partial charge is 0.185 e. The van der Waals surface area contributed by atoms with Gasteiger partial charge in [-0.05, 0) is 23.4 Å². The Morgan fingerprint density at radius 2 is 2.25 bits per heavy atom. The largest absolute Gasteiger partial charge is 0.295 e. The van der Waals surface area contributed by atoms with Crippen molar-refractivity contribution in [3.8, 4) is 5.69 Å². The Kier molecular flexibility index (Phi) is 3.70. The van der Waals surface area contributed by atoms with Gasteiger partial charge in [-0.2, -0.15) is 4.80 Å². The standard InChI is InChI=1S/C12H11ClN6S/c1-18-16-11(15-17-18)8-20-12-14-5-6-19(12)10-4-2-3-9(13)7-10/h2-7H,8H2,1H3. The highest BCUT2D eigenvalue weighted by molar-refractivity contribution is 7.98. The van der Waals surface area contributed by atoms with Crippen LogP contribution in [0.2, 0.25) is 5.02 Å². The van der Waals surface area contributed by atoms with Gasteiger partial charge >= 0.3 is 0 Å². The monoisotopic (exact) mass is 306 g/mol. The van der Waals surface area contributed by atoms with E-state index in [0.29, 0.717) is 16.6 Å². The molecule has 2 heterocycles. The third-order valence-corrected chi connectivity index (χ3v) is 3.77. The predicted molar refractivity (Wildman–Crippen MR) is 76.9 cm³/mol. The lowest BCUT2D eigenvalue weighted by Crippen LogP contribution is -1.96.